The van der Waals surface area contributed by atoms with Gasteiger partial charge >= 0.3 is 0 Å². The van der Waals surface area contributed by atoms with Gasteiger partial charge in [-0.2, -0.15) is 0 Å². The van der Waals surface area contributed by atoms with Crippen LogP contribution >= 0.6 is 0 Å². The molecule has 0 aliphatic heterocycles. The summed E-state index contributed by atoms with van der Waals surface area (Å²) in [5, 5.41) is 13.0. The Hall–Kier alpha value is -3.61. The van der Waals surface area contributed by atoms with E-state index in [-0.39, 0.29) is 11.7 Å². The second-order valence-corrected chi connectivity index (χ2v) is 5.83. The van der Waals surface area contributed by atoms with Gasteiger partial charge in [0.1, 0.15) is 28.6 Å². The monoisotopic (exact) mass is 348 g/mol. The first-order valence-corrected chi connectivity index (χ1v) is 8.03. The number of rotatable bonds is 3. The summed E-state index contributed by atoms with van der Waals surface area (Å²) in [4.78, 5) is 20.7. The zero-order valence-corrected chi connectivity index (χ0v) is 14.2. The lowest BCUT2D eigenvalue weighted by Gasteiger charge is -2.09. The molecular formula is C19H16N4O3. The van der Waals surface area contributed by atoms with Crippen molar-refractivity contribution in [2.75, 3.05) is 7.05 Å². The van der Waals surface area contributed by atoms with Crippen LogP contribution in [0.25, 0.3) is 16.6 Å². The maximum atomic E-state index is 12.0. The van der Waals surface area contributed by atoms with Crippen LogP contribution in [0, 0.1) is 6.92 Å². The van der Waals surface area contributed by atoms with Crippen LogP contribution in [0.5, 0.6) is 17.2 Å². The molecule has 0 radical (unpaired) electrons. The van der Waals surface area contributed by atoms with Crippen LogP contribution in [0.4, 0.5) is 0 Å². The fourth-order valence-corrected chi connectivity index (χ4v) is 2.93. The number of ether oxygens (including phenoxy) is 1. The maximum Gasteiger partial charge on any atom is 0.269 e. The zero-order chi connectivity index (χ0) is 18.3. The summed E-state index contributed by atoms with van der Waals surface area (Å²) in [6.45, 7) is 1.79. The largest absolute Gasteiger partial charge is 0.508 e. The zero-order valence-electron chi connectivity index (χ0n) is 14.2. The summed E-state index contributed by atoms with van der Waals surface area (Å²) in [5.74, 6) is 1.17. The second-order valence-electron chi connectivity index (χ2n) is 5.83. The molecule has 0 spiro atoms. The molecule has 0 saturated carbocycles. The first kappa shape index (κ1) is 15.9. The van der Waals surface area contributed by atoms with Crippen molar-refractivity contribution < 1.29 is 14.6 Å². The number of phenolic OH excluding ortho intramolecular Hbond substituents is 1. The van der Waals surface area contributed by atoms with Crippen LogP contribution in [0.1, 0.15) is 16.2 Å². The highest BCUT2D eigenvalue weighted by molar-refractivity contribution is 5.94. The van der Waals surface area contributed by atoms with E-state index < -0.39 is 0 Å². The Bertz CT molecular complexity index is 1150. The molecule has 3 aromatic heterocycles. The normalized spacial score (nSPS) is 11.0. The van der Waals surface area contributed by atoms with Gasteiger partial charge in [0.25, 0.3) is 5.91 Å². The molecule has 1 amide bonds. The fourth-order valence-electron chi connectivity index (χ4n) is 2.93. The maximum absolute atomic E-state index is 12.0. The minimum absolute atomic E-state index is 0.151. The predicted molar refractivity (Wildman–Crippen MR) is 96.8 cm³/mol. The van der Waals surface area contributed by atoms with E-state index in [9.17, 15) is 9.90 Å². The van der Waals surface area contributed by atoms with Crippen LogP contribution in [0.3, 0.4) is 0 Å². The van der Waals surface area contributed by atoms with Gasteiger partial charge in [0.2, 0.25) is 0 Å². The number of aromatic hydroxyl groups is 1. The van der Waals surface area contributed by atoms with Gasteiger partial charge in [0.05, 0.1) is 11.2 Å². The molecule has 0 atom stereocenters. The van der Waals surface area contributed by atoms with E-state index in [1.807, 2.05) is 0 Å². The van der Waals surface area contributed by atoms with E-state index in [0.29, 0.717) is 34.1 Å². The highest BCUT2D eigenvalue weighted by atomic mass is 16.5. The van der Waals surface area contributed by atoms with E-state index in [4.69, 9.17) is 4.74 Å². The second kappa shape index (κ2) is 6.03. The SMILES string of the molecule is CNC(=O)c1c(C)nc2cc(Oc3ccnc4cc(O)ccc34)ccn12. The number of carbonyl (C=O) groups excluding carboxylic acids is 1. The Morgan fingerprint density at radius 3 is 2.88 bits per heavy atom. The predicted octanol–water partition coefficient (Wildman–Crippen LogP) is 3.05. The Morgan fingerprint density at radius 1 is 1.23 bits per heavy atom. The molecule has 4 aromatic rings. The lowest BCUT2D eigenvalue weighted by Crippen LogP contribution is -2.20. The number of aromatic nitrogens is 3. The van der Waals surface area contributed by atoms with Gasteiger partial charge < -0.3 is 15.2 Å². The van der Waals surface area contributed by atoms with Crippen molar-refractivity contribution in [1.29, 1.82) is 0 Å². The molecule has 0 fully saturated rings. The number of nitrogens with one attached hydrogen (secondary N) is 1. The fraction of sp³-hybridized carbons (Fsp3) is 0.105. The molecule has 0 bridgehead atoms. The summed E-state index contributed by atoms with van der Waals surface area (Å²) < 4.78 is 7.73. The number of nitrogens with zero attached hydrogens (tertiary/aromatic N) is 3. The molecule has 0 unspecified atom stereocenters. The Balaban J connectivity index is 1.76. The number of carbonyl (C=O) groups is 1. The number of amides is 1. The average molecular weight is 348 g/mol. The molecule has 0 aliphatic rings. The number of fused-ring (bicyclic) bond motifs is 2. The van der Waals surface area contributed by atoms with Crippen LogP contribution in [0.2, 0.25) is 0 Å². The van der Waals surface area contributed by atoms with Gasteiger partial charge in [0.15, 0.2) is 0 Å². The molecule has 130 valence electrons. The topological polar surface area (TPSA) is 88.8 Å². The van der Waals surface area contributed by atoms with E-state index in [1.165, 1.54) is 0 Å². The highest BCUT2D eigenvalue weighted by Gasteiger charge is 2.16. The number of aryl methyl sites for hydroxylation is 1. The van der Waals surface area contributed by atoms with Gasteiger partial charge in [-0.1, -0.05) is 0 Å². The summed E-state index contributed by atoms with van der Waals surface area (Å²) in [6, 6.07) is 10.2. The summed E-state index contributed by atoms with van der Waals surface area (Å²) in [6.07, 6.45) is 3.38. The molecule has 3 heterocycles. The van der Waals surface area contributed by atoms with Crippen LogP contribution < -0.4 is 10.1 Å². The Morgan fingerprint density at radius 2 is 2.08 bits per heavy atom. The number of hydrogen-bond acceptors (Lipinski definition) is 5. The van der Waals surface area contributed by atoms with Gasteiger partial charge in [-0.05, 0) is 31.2 Å². The third kappa shape index (κ3) is 2.59. The molecule has 26 heavy (non-hydrogen) atoms. The van der Waals surface area contributed by atoms with Gasteiger partial charge in [0, 0.05) is 37.0 Å². The Kier molecular flexibility index (Phi) is 3.69. The molecule has 4 rings (SSSR count). The Labute approximate surface area is 148 Å². The minimum atomic E-state index is -0.191. The van der Waals surface area contributed by atoms with Crippen LogP contribution in [0.15, 0.2) is 48.8 Å². The average Bonchev–Trinajstić information content (AvgIpc) is 2.96. The summed E-state index contributed by atoms with van der Waals surface area (Å²) >= 11 is 0. The van der Waals surface area contributed by atoms with Crippen LogP contribution in [-0.4, -0.2) is 32.4 Å². The van der Waals surface area contributed by atoms with Crippen molar-refractivity contribution >= 4 is 22.5 Å². The lowest BCUT2D eigenvalue weighted by molar-refractivity contribution is 0.0956. The first-order valence-electron chi connectivity index (χ1n) is 8.03. The number of phenols is 1. The van der Waals surface area contributed by atoms with Crippen molar-refractivity contribution in [2.45, 2.75) is 6.92 Å². The van der Waals surface area contributed by atoms with Crippen molar-refractivity contribution in [3.05, 3.63) is 60.2 Å². The molecule has 0 aliphatic carbocycles. The van der Waals surface area contributed by atoms with Crippen molar-refractivity contribution in [2.24, 2.45) is 0 Å². The highest BCUT2D eigenvalue weighted by Crippen LogP contribution is 2.31. The molecule has 7 nitrogen and oxygen atoms in total. The minimum Gasteiger partial charge on any atom is -0.508 e. The molecule has 2 N–H and O–H groups in total. The summed E-state index contributed by atoms with van der Waals surface area (Å²) in [7, 11) is 1.59. The molecule has 7 heteroatoms. The van der Waals surface area contributed by atoms with Crippen molar-refractivity contribution in [1.82, 2.24) is 19.7 Å². The number of pyridine rings is 2. The quantitative estimate of drug-likeness (QED) is 0.594. The third-order valence-corrected chi connectivity index (χ3v) is 4.13. The van der Waals surface area contributed by atoms with Crippen LogP contribution in [-0.2, 0) is 0 Å². The number of hydrogen-bond donors (Lipinski definition) is 2. The summed E-state index contributed by atoms with van der Waals surface area (Å²) in [5.41, 5.74) is 2.40. The van der Waals surface area contributed by atoms with Gasteiger partial charge in [-0.25, -0.2) is 4.98 Å². The third-order valence-electron chi connectivity index (χ3n) is 4.13. The van der Waals surface area contributed by atoms with Crippen molar-refractivity contribution in [3.63, 3.8) is 0 Å². The number of benzene rings is 1. The number of imidazole rings is 1. The smallest absolute Gasteiger partial charge is 0.269 e. The standard InChI is InChI=1S/C19H16N4O3/c1-11-18(19(25)20-2)23-8-6-13(10-17(23)22-11)26-16-5-7-21-15-9-12(24)3-4-14(15)16/h3-10,24H,1-2H3,(H,20,25). The molecular weight excluding hydrogens is 332 g/mol. The van der Waals surface area contributed by atoms with E-state index in [1.54, 1.807) is 67.2 Å². The van der Waals surface area contributed by atoms with Gasteiger partial charge in [-0.15, -0.1) is 0 Å². The first-order chi connectivity index (χ1) is 12.6. The van der Waals surface area contributed by atoms with Crippen molar-refractivity contribution in [3.8, 4) is 17.2 Å². The lowest BCUT2D eigenvalue weighted by atomic mass is 10.2. The van der Waals surface area contributed by atoms with E-state index in [0.717, 1.165) is 5.39 Å². The van der Waals surface area contributed by atoms with Gasteiger partial charge in [-0.3, -0.25) is 14.2 Å². The van der Waals surface area contributed by atoms with E-state index >= 15 is 0 Å². The molecule has 0 saturated heterocycles. The molecule has 1 aromatic carbocycles. The van der Waals surface area contributed by atoms with E-state index in [2.05, 4.69) is 15.3 Å².